The number of fused-ring (bicyclic) bond motifs is 2. The van der Waals surface area contributed by atoms with Crippen LogP contribution >= 0.6 is 0 Å². The number of rotatable bonds is 8. The van der Waals surface area contributed by atoms with E-state index in [-0.39, 0.29) is 18.7 Å². The lowest BCUT2D eigenvalue weighted by Gasteiger charge is -2.14. The summed E-state index contributed by atoms with van der Waals surface area (Å²) in [5.74, 6) is -1.27. The summed E-state index contributed by atoms with van der Waals surface area (Å²) < 4.78 is 0. The number of amides is 1. The van der Waals surface area contributed by atoms with Gasteiger partial charge in [-0.1, -0.05) is 36.4 Å². The molecule has 0 saturated heterocycles. The van der Waals surface area contributed by atoms with Gasteiger partial charge in [-0.25, -0.2) is 4.79 Å². The van der Waals surface area contributed by atoms with E-state index in [0.717, 1.165) is 33.8 Å². The molecule has 1 amide bonds. The molecule has 0 bridgehead atoms. The Morgan fingerprint density at radius 3 is 2.14 bits per heavy atom. The van der Waals surface area contributed by atoms with Crippen molar-refractivity contribution in [3.8, 4) is 0 Å². The second kappa shape index (κ2) is 8.22. The van der Waals surface area contributed by atoms with Crippen LogP contribution in [0.4, 0.5) is 0 Å². The maximum absolute atomic E-state index is 12.4. The molecular weight excluding hydrogens is 366 g/mol. The Morgan fingerprint density at radius 1 is 0.897 bits per heavy atom. The molecule has 0 radical (unpaired) electrons. The van der Waals surface area contributed by atoms with Gasteiger partial charge in [-0.3, -0.25) is 4.79 Å². The predicted octanol–water partition coefficient (Wildman–Crippen LogP) is 3.78. The Hall–Kier alpha value is -3.54. The number of aliphatic carboxylic acids is 1. The van der Waals surface area contributed by atoms with Crippen molar-refractivity contribution >= 4 is 33.7 Å². The van der Waals surface area contributed by atoms with Crippen LogP contribution in [0.2, 0.25) is 0 Å². The van der Waals surface area contributed by atoms with E-state index in [1.54, 1.807) is 0 Å². The van der Waals surface area contributed by atoms with Crippen LogP contribution in [0.1, 0.15) is 24.0 Å². The number of para-hydroxylation sites is 2. The molecule has 148 valence electrons. The fourth-order valence-corrected chi connectivity index (χ4v) is 3.76. The van der Waals surface area contributed by atoms with Crippen LogP contribution in [0.3, 0.4) is 0 Å². The molecule has 1 atom stereocenters. The molecule has 0 fully saturated rings. The minimum Gasteiger partial charge on any atom is -0.480 e. The van der Waals surface area contributed by atoms with Gasteiger partial charge in [0.2, 0.25) is 5.91 Å². The molecule has 4 aromatic rings. The largest absolute Gasteiger partial charge is 0.480 e. The molecule has 4 rings (SSSR count). The summed E-state index contributed by atoms with van der Waals surface area (Å²) in [6.45, 7) is 0. The van der Waals surface area contributed by atoms with Gasteiger partial charge in [-0.15, -0.1) is 0 Å². The summed E-state index contributed by atoms with van der Waals surface area (Å²) in [5, 5.41) is 14.4. The third kappa shape index (κ3) is 4.16. The van der Waals surface area contributed by atoms with Crippen molar-refractivity contribution < 1.29 is 14.7 Å². The van der Waals surface area contributed by atoms with Crippen molar-refractivity contribution in [1.29, 1.82) is 0 Å². The van der Waals surface area contributed by atoms with Gasteiger partial charge in [0, 0.05) is 47.0 Å². The molecule has 0 unspecified atom stereocenters. The number of carbonyl (C=O) groups is 2. The van der Waals surface area contributed by atoms with Crippen LogP contribution in [0, 0.1) is 0 Å². The van der Waals surface area contributed by atoms with Gasteiger partial charge >= 0.3 is 5.97 Å². The van der Waals surface area contributed by atoms with E-state index in [4.69, 9.17) is 0 Å². The van der Waals surface area contributed by atoms with Crippen molar-refractivity contribution in [3.63, 3.8) is 0 Å². The molecule has 6 heteroatoms. The van der Waals surface area contributed by atoms with E-state index in [1.807, 2.05) is 54.9 Å². The lowest BCUT2D eigenvalue weighted by atomic mass is 10.0. The highest BCUT2D eigenvalue weighted by molar-refractivity contribution is 5.87. The van der Waals surface area contributed by atoms with Gasteiger partial charge in [0.1, 0.15) is 6.04 Å². The average molecular weight is 389 g/mol. The number of aryl methyl sites for hydroxylation is 1. The van der Waals surface area contributed by atoms with E-state index in [1.165, 1.54) is 5.56 Å². The maximum atomic E-state index is 12.4. The van der Waals surface area contributed by atoms with Crippen molar-refractivity contribution in [1.82, 2.24) is 15.3 Å². The molecule has 0 aliphatic heterocycles. The smallest absolute Gasteiger partial charge is 0.326 e. The Bertz CT molecular complexity index is 1160. The zero-order valence-corrected chi connectivity index (χ0v) is 15.9. The minimum absolute atomic E-state index is 0.239. The lowest BCUT2D eigenvalue weighted by Crippen LogP contribution is -2.42. The molecule has 0 saturated carbocycles. The average Bonchev–Trinajstić information content (AvgIpc) is 3.32. The Kier molecular flexibility index (Phi) is 5.33. The van der Waals surface area contributed by atoms with Gasteiger partial charge < -0.3 is 20.4 Å². The number of hydrogen-bond acceptors (Lipinski definition) is 2. The molecule has 0 aliphatic rings. The van der Waals surface area contributed by atoms with Crippen LogP contribution in [0.5, 0.6) is 0 Å². The molecule has 2 heterocycles. The van der Waals surface area contributed by atoms with E-state index >= 15 is 0 Å². The first kappa shape index (κ1) is 18.8. The zero-order chi connectivity index (χ0) is 20.2. The van der Waals surface area contributed by atoms with Gasteiger partial charge in [0.25, 0.3) is 0 Å². The summed E-state index contributed by atoms with van der Waals surface area (Å²) in [6.07, 6.45) is 5.73. The molecule has 4 N–H and O–H groups in total. The first-order valence-corrected chi connectivity index (χ1v) is 9.74. The first-order chi connectivity index (χ1) is 14.1. The summed E-state index contributed by atoms with van der Waals surface area (Å²) in [6, 6.07) is 14.8. The third-order valence-electron chi connectivity index (χ3n) is 5.26. The SMILES string of the molecule is O=C(CCCc1c[nH]c2ccccc12)N[C@@H](Cc1c[nH]c2ccccc12)C(=O)O. The van der Waals surface area contributed by atoms with Gasteiger partial charge in [0.05, 0.1) is 0 Å². The molecule has 29 heavy (non-hydrogen) atoms. The second-order valence-corrected chi connectivity index (χ2v) is 7.24. The number of carboxylic acid groups (broad SMARTS) is 1. The Labute approximate surface area is 167 Å². The lowest BCUT2D eigenvalue weighted by molar-refractivity contribution is -0.141. The summed E-state index contributed by atoms with van der Waals surface area (Å²) in [7, 11) is 0. The molecule has 0 spiro atoms. The number of carbonyl (C=O) groups excluding carboxylic acids is 1. The molecular formula is C23H23N3O3. The highest BCUT2D eigenvalue weighted by Crippen LogP contribution is 2.20. The highest BCUT2D eigenvalue weighted by atomic mass is 16.4. The summed E-state index contributed by atoms with van der Waals surface area (Å²) in [4.78, 5) is 30.4. The van der Waals surface area contributed by atoms with E-state index < -0.39 is 12.0 Å². The van der Waals surface area contributed by atoms with Crippen molar-refractivity contribution in [3.05, 3.63) is 72.1 Å². The summed E-state index contributed by atoms with van der Waals surface area (Å²) >= 11 is 0. The standard InChI is InChI=1S/C23H23N3O3/c27-22(11-5-6-15-13-24-19-9-3-1-7-17(15)19)26-21(23(28)29)12-16-14-25-20-10-4-2-8-18(16)20/h1-4,7-10,13-14,21,24-25H,5-6,11-12H2,(H,26,27)(H,28,29)/t21-/m0/s1. The predicted molar refractivity (Wildman–Crippen MR) is 113 cm³/mol. The molecule has 2 aromatic carbocycles. The first-order valence-electron chi connectivity index (χ1n) is 9.74. The fraction of sp³-hybridized carbons (Fsp3) is 0.217. The minimum atomic E-state index is -1.03. The normalized spacial score (nSPS) is 12.3. The maximum Gasteiger partial charge on any atom is 0.326 e. The topological polar surface area (TPSA) is 98.0 Å². The molecule has 0 aliphatic carbocycles. The number of aromatic amines is 2. The van der Waals surface area contributed by atoms with Crippen molar-refractivity contribution in [2.45, 2.75) is 31.7 Å². The van der Waals surface area contributed by atoms with E-state index in [9.17, 15) is 14.7 Å². The summed E-state index contributed by atoms with van der Waals surface area (Å²) in [5.41, 5.74) is 4.09. The van der Waals surface area contributed by atoms with Crippen LogP contribution < -0.4 is 5.32 Å². The quantitative estimate of drug-likeness (QED) is 0.369. The number of benzene rings is 2. The van der Waals surface area contributed by atoms with Crippen LogP contribution in [0.25, 0.3) is 21.8 Å². The van der Waals surface area contributed by atoms with Crippen molar-refractivity contribution in [2.75, 3.05) is 0 Å². The second-order valence-electron chi connectivity index (χ2n) is 7.24. The number of aromatic nitrogens is 2. The number of carboxylic acids is 1. The monoisotopic (exact) mass is 389 g/mol. The molecule has 2 aromatic heterocycles. The van der Waals surface area contributed by atoms with Gasteiger partial charge in [-0.2, -0.15) is 0 Å². The Balaban J connectivity index is 1.34. The number of nitrogens with one attached hydrogen (secondary N) is 3. The fourth-order valence-electron chi connectivity index (χ4n) is 3.76. The number of H-pyrrole nitrogens is 2. The van der Waals surface area contributed by atoms with Crippen LogP contribution in [-0.2, 0) is 22.4 Å². The van der Waals surface area contributed by atoms with E-state index in [2.05, 4.69) is 21.4 Å². The van der Waals surface area contributed by atoms with Gasteiger partial charge in [-0.05, 0) is 36.1 Å². The van der Waals surface area contributed by atoms with E-state index in [0.29, 0.717) is 6.42 Å². The third-order valence-corrected chi connectivity index (χ3v) is 5.26. The highest BCUT2D eigenvalue weighted by Gasteiger charge is 2.21. The molecule has 6 nitrogen and oxygen atoms in total. The van der Waals surface area contributed by atoms with Crippen LogP contribution in [0.15, 0.2) is 60.9 Å². The number of hydrogen-bond donors (Lipinski definition) is 4. The van der Waals surface area contributed by atoms with Crippen LogP contribution in [-0.4, -0.2) is 33.0 Å². The Morgan fingerprint density at radius 2 is 1.48 bits per heavy atom. The zero-order valence-electron chi connectivity index (χ0n) is 15.9. The van der Waals surface area contributed by atoms with Crippen molar-refractivity contribution in [2.24, 2.45) is 0 Å². The van der Waals surface area contributed by atoms with Gasteiger partial charge in [0.15, 0.2) is 0 Å².